The molecule has 0 spiro atoms. The number of rotatable bonds is 5. The first kappa shape index (κ1) is 19.1. The van der Waals surface area contributed by atoms with Crippen LogP contribution in [0.3, 0.4) is 0 Å². The van der Waals surface area contributed by atoms with E-state index in [1.807, 2.05) is 0 Å². The number of carbonyl (C=O) groups excluding carboxylic acids is 2. The lowest BCUT2D eigenvalue weighted by atomic mass is 9.48. The second-order valence-corrected chi connectivity index (χ2v) is 8.91. The van der Waals surface area contributed by atoms with Gasteiger partial charge in [-0.05, 0) is 99.8 Å². The van der Waals surface area contributed by atoms with E-state index in [2.05, 4.69) is 17.6 Å². The van der Waals surface area contributed by atoms with Gasteiger partial charge in [0.25, 0.3) is 0 Å². The summed E-state index contributed by atoms with van der Waals surface area (Å²) in [5, 5.41) is 6.08. The Morgan fingerprint density at radius 2 is 1.64 bits per heavy atom. The van der Waals surface area contributed by atoms with E-state index in [4.69, 9.17) is 9.47 Å². The summed E-state index contributed by atoms with van der Waals surface area (Å²) in [6.45, 7) is 4.15. The van der Waals surface area contributed by atoms with Crippen molar-refractivity contribution < 1.29 is 19.1 Å². The van der Waals surface area contributed by atoms with Gasteiger partial charge in [0.15, 0.2) is 0 Å². The maximum atomic E-state index is 12.5. The summed E-state index contributed by atoms with van der Waals surface area (Å²) >= 11 is 0. The molecule has 1 atom stereocenters. The van der Waals surface area contributed by atoms with Gasteiger partial charge in [-0.1, -0.05) is 0 Å². The Labute approximate surface area is 166 Å². The molecule has 4 aliphatic rings. The Kier molecular flexibility index (Phi) is 5.21. The lowest BCUT2D eigenvalue weighted by molar-refractivity contribution is -0.0679. The van der Waals surface area contributed by atoms with Crippen LogP contribution in [0.4, 0.5) is 15.3 Å². The summed E-state index contributed by atoms with van der Waals surface area (Å²) in [6.07, 6.45) is 7.27. The first-order valence-corrected chi connectivity index (χ1v) is 10.5. The Morgan fingerprint density at radius 1 is 1.07 bits per heavy atom. The van der Waals surface area contributed by atoms with Gasteiger partial charge in [0.05, 0.1) is 6.61 Å². The number of hydrogen-bond donors (Lipinski definition) is 2. The topological polar surface area (TPSA) is 76.7 Å². The summed E-state index contributed by atoms with van der Waals surface area (Å²) < 4.78 is 9.77. The first-order valence-electron chi connectivity index (χ1n) is 10.5. The predicted molar refractivity (Wildman–Crippen MR) is 106 cm³/mol. The zero-order valence-electron chi connectivity index (χ0n) is 16.7. The maximum Gasteiger partial charge on any atom is 0.513 e. The molecule has 4 aliphatic carbocycles. The minimum Gasteiger partial charge on any atom is -0.434 e. The highest BCUT2D eigenvalue weighted by Gasteiger charge is 2.53. The van der Waals surface area contributed by atoms with Crippen LogP contribution in [0.1, 0.15) is 52.4 Å². The van der Waals surface area contributed by atoms with Gasteiger partial charge in [-0.25, -0.2) is 9.59 Å². The smallest absolute Gasteiger partial charge is 0.434 e. The fourth-order valence-electron chi connectivity index (χ4n) is 6.07. The molecule has 4 fully saturated rings. The minimum atomic E-state index is -0.731. The van der Waals surface area contributed by atoms with Crippen molar-refractivity contribution >= 4 is 17.9 Å². The van der Waals surface area contributed by atoms with E-state index >= 15 is 0 Å². The molecule has 4 bridgehead atoms. The van der Waals surface area contributed by atoms with E-state index in [1.54, 1.807) is 31.2 Å². The number of benzene rings is 1. The molecule has 0 saturated heterocycles. The molecular weight excluding hydrogens is 356 g/mol. The van der Waals surface area contributed by atoms with Crippen molar-refractivity contribution in [1.29, 1.82) is 0 Å². The van der Waals surface area contributed by atoms with Crippen molar-refractivity contribution in [1.82, 2.24) is 5.32 Å². The highest BCUT2D eigenvalue weighted by atomic mass is 16.7. The largest absolute Gasteiger partial charge is 0.513 e. The van der Waals surface area contributed by atoms with E-state index in [9.17, 15) is 9.59 Å². The highest BCUT2D eigenvalue weighted by Crippen LogP contribution is 2.61. The number of carbonyl (C=O) groups is 2. The van der Waals surface area contributed by atoms with Crippen LogP contribution in [0.25, 0.3) is 0 Å². The van der Waals surface area contributed by atoms with Crippen molar-refractivity contribution in [3.8, 4) is 5.75 Å². The molecule has 1 aromatic carbocycles. The lowest BCUT2D eigenvalue weighted by Crippen LogP contribution is -2.56. The number of ether oxygens (including phenoxy) is 2. The van der Waals surface area contributed by atoms with E-state index in [-0.39, 0.29) is 24.1 Å². The normalized spacial score (nSPS) is 31.1. The number of hydrogen-bond acceptors (Lipinski definition) is 4. The molecule has 2 N–H and O–H groups in total. The number of anilines is 1. The summed E-state index contributed by atoms with van der Waals surface area (Å²) in [4.78, 5) is 23.9. The quantitative estimate of drug-likeness (QED) is 0.555. The van der Waals surface area contributed by atoms with Crippen molar-refractivity contribution in [2.75, 3.05) is 11.9 Å². The molecule has 152 valence electrons. The first-order chi connectivity index (χ1) is 13.5. The van der Waals surface area contributed by atoms with Gasteiger partial charge in [-0.2, -0.15) is 0 Å². The van der Waals surface area contributed by atoms with Gasteiger partial charge in [0.1, 0.15) is 5.75 Å². The molecule has 4 saturated carbocycles. The molecule has 1 aromatic rings. The molecule has 0 aliphatic heterocycles. The minimum absolute atomic E-state index is 0.173. The van der Waals surface area contributed by atoms with Crippen LogP contribution in [0.15, 0.2) is 24.3 Å². The predicted octanol–water partition coefficient (Wildman–Crippen LogP) is 4.95. The average molecular weight is 386 g/mol. The van der Waals surface area contributed by atoms with Crippen LogP contribution in [-0.4, -0.2) is 24.8 Å². The summed E-state index contributed by atoms with van der Waals surface area (Å²) in [7, 11) is 0. The summed E-state index contributed by atoms with van der Waals surface area (Å²) in [5.41, 5.74) is 0.940. The van der Waals surface area contributed by atoms with Gasteiger partial charge in [-0.15, -0.1) is 0 Å². The van der Waals surface area contributed by atoms with Crippen LogP contribution in [0, 0.1) is 23.2 Å². The van der Waals surface area contributed by atoms with Crippen LogP contribution in [-0.2, 0) is 4.74 Å². The monoisotopic (exact) mass is 386 g/mol. The second-order valence-electron chi connectivity index (χ2n) is 8.91. The SMILES string of the molecule is CCOC(=O)Oc1ccc(NC(=O)NC(C)C23CC4CC(CC(C4)C2)C3)cc1. The van der Waals surface area contributed by atoms with Crippen molar-refractivity contribution in [2.45, 2.75) is 58.4 Å². The zero-order chi connectivity index (χ0) is 19.7. The van der Waals surface area contributed by atoms with Gasteiger partial charge < -0.3 is 20.1 Å². The molecule has 1 unspecified atom stereocenters. The van der Waals surface area contributed by atoms with E-state index < -0.39 is 6.16 Å². The summed E-state index contributed by atoms with van der Waals surface area (Å²) in [5.74, 6) is 2.98. The zero-order valence-corrected chi connectivity index (χ0v) is 16.7. The van der Waals surface area contributed by atoms with E-state index in [0.717, 1.165) is 17.8 Å². The fraction of sp³-hybridized carbons (Fsp3) is 0.636. The Morgan fingerprint density at radius 3 is 2.18 bits per heavy atom. The van der Waals surface area contributed by atoms with Crippen LogP contribution < -0.4 is 15.4 Å². The molecular formula is C22H30N2O4. The Bertz CT molecular complexity index is 695. The molecule has 2 amide bonds. The molecule has 6 nitrogen and oxygen atoms in total. The average Bonchev–Trinajstić information content (AvgIpc) is 2.62. The standard InChI is InChI=1S/C22H30N2O4/c1-3-27-21(26)28-19-6-4-18(5-7-19)24-20(25)23-14(2)22-11-15-8-16(12-22)10-17(9-15)13-22/h4-7,14-17H,3,8-13H2,1-2H3,(H2,23,24,25). The second kappa shape index (κ2) is 7.64. The number of urea groups is 1. The van der Waals surface area contributed by atoms with Gasteiger partial charge >= 0.3 is 12.2 Å². The molecule has 0 aromatic heterocycles. The molecule has 0 radical (unpaired) electrons. The Balaban J connectivity index is 1.31. The van der Waals surface area contributed by atoms with Crippen molar-refractivity contribution in [2.24, 2.45) is 23.2 Å². The fourth-order valence-corrected chi connectivity index (χ4v) is 6.07. The molecule has 0 heterocycles. The van der Waals surface area contributed by atoms with Gasteiger partial charge in [-0.3, -0.25) is 0 Å². The summed E-state index contributed by atoms with van der Waals surface area (Å²) in [6, 6.07) is 6.69. The van der Waals surface area contributed by atoms with Crippen LogP contribution >= 0.6 is 0 Å². The lowest BCUT2D eigenvalue weighted by Gasteiger charge is -2.59. The van der Waals surface area contributed by atoms with Crippen LogP contribution in [0.2, 0.25) is 0 Å². The highest BCUT2D eigenvalue weighted by molar-refractivity contribution is 5.89. The van der Waals surface area contributed by atoms with Crippen LogP contribution in [0.5, 0.6) is 5.75 Å². The molecule has 6 heteroatoms. The van der Waals surface area contributed by atoms with Gasteiger partial charge in [0.2, 0.25) is 0 Å². The third-order valence-corrected chi connectivity index (χ3v) is 6.93. The Hall–Kier alpha value is -2.24. The maximum absolute atomic E-state index is 12.5. The van der Waals surface area contributed by atoms with Crippen molar-refractivity contribution in [3.05, 3.63) is 24.3 Å². The third kappa shape index (κ3) is 3.96. The number of nitrogens with one attached hydrogen (secondary N) is 2. The van der Waals surface area contributed by atoms with Gasteiger partial charge in [0, 0.05) is 11.7 Å². The van der Waals surface area contributed by atoms with E-state index in [1.165, 1.54) is 38.5 Å². The molecule has 5 rings (SSSR count). The third-order valence-electron chi connectivity index (χ3n) is 6.93. The van der Waals surface area contributed by atoms with Crippen molar-refractivity contribution in [3.63, 3.8) is 0 Å². The molecule has 28 heavy (non-hydrogen) atoms. The number of amides is 2. The van der Waals surface area contributed by atoms with E-state index in [0.29, 0.717) is 11.4 Å².